The van der Waals surface area contributed by atoms with Crippen LogP contribution < -0.4 is 20.1 Å². The van der Waals surface area contributed by atoms with E-state index in [1.54, 1.807) is 7.05 Å². The Morgan fingerprint density at radius 3 is 2.59 bits per heavy atom. The Bertz CT molecular complexity index is 731. The Morgan fingerprint density at radius 2 is 1.93 bits per heavy atom. The van der Waals surface area contributed by atoms with Gasteiger partial charge in [0, 0.05) is 45.6 Å². The molecule has 0 aliphatic carbocycles. The molecule has 0 radical (unpaired) electrons. The lowest BCUT2D eigenvalue weighted by Crippen LogP contribution is -2.48. The quantitative estimate of drug-likeness (QED) is 0.358. The number of carbonyl (C=O) groups excluding carboxylic acids is 1. The molecule has 1 amide bonds. The van der Waals surface area contributed by atoms with Gasteiger partial charge in [0.1, 0.15) is 0 Å². The molecule has 2 aliphatic rings. The summed E-state index contributed by atoms with van der Waals surface area (Å²) in [4.78, 5) is 18.4. The first-order valence-corrected chi connectivity index (χ1v) is 9.99. The van der Waals surface area contributed by atoms with E-state index in [1.807, 2.05) is 13.1 Å². The van der Waals surface area contributed by atoms with E-state index in [4.69, 9.17) is 9.47 Å². The van der Waals surface area contributed by atoms with Crippen LogP contribution in [0.25, 0.3) is 0 Å². The number of amides is 1. The number of carbonyl (C=O) groups is 1. The monoisotopic (exact) mass is 516 g/mol. The van der Waals surface area contributed by atoms with Gasteiger partial charge in [-0.1, -0.05) is 19.9 Å². The summed E-state index contributed by atoms with van der Waals surface area (Å²) in [5.41, 5.74) is 1.11. The number of likely N-dealkylation sites (tertiary alicyclic amines) is 1. The van der Waals surface area contributed by atoms with Crippen molar-refractivity contribution in [1.29, 1.82) is 0 Å². The van der Waals surface area contributed by atoms with Crippen LogP contribution in [0, 0.1) is 5.92 Å². The molecule has 3 rings (SSSR count). The molecule has 8 heteroatoms. The van der Waals surface area contributed by atoms with Gasteiger partial charge >= 0.3 is 0 Å². The number of hydrogen-bond acceptors (Lipinski definition) is 4. The van der Waals surface area contributed by atoms with E-state index in [-0.39, 0.29) is 35.3 Å². The number of benzene rings is 1. The highest BCUT2D eigenvalue weighted by atomic mass is 127. The predicted octanol–water partition coefficient (Wildman–Crippen LogP) is 2.73. The van der Waals surface area contributed by atoms with E-state index in [9.17, 15) is 4.79 Å². The van der Waals surface area contributed by atoms with Crippen molar-refractivity contribution in [3.8, 4) is 11.5 Å². The van der Waals surface area contributed by atoms with Crippen LogP contribution in [0.2, 0.25) is 0 Å². The van der Waals surface area contributed by atoms with Gasteiger partial charge in [-0.15, -0.1) is 24.0 Å². The molecule has 7 nitrogen and oxygen atoms in total. The van der Waals surface area contributed by atoms with Gasteiger partial charge in [-0.2, -0.15) is 0 Å². The molecule has 29 heavy (non-hydrogen) atoms. The second-order valence-corrected chi connectivity index (χ2v) is 8.16. The molecule has 2 heterocycles. The molecule has 0 bridgehead atoms. The molecule has 0 aromatic heterocycles. The van der Waals surface area contributed by atoms with Gasteiger partial charge in [0.05, 0.1) is 0 Å². The molecule has 0 spiro atoms. The zero-order valence-corrected chi connectivity index (χ0v) is 20.1. The second kappa shape index (κ2) is 10.4. The van der Waals surface area contributed by atoms with Crippen molar-refractivity contribution in [3.63, 3.8) is 0 Å². The fourth-order valence-corrected chi connectivity index (χ4v) is 3.77. The summed E-state index contributed by atoms with van der Waals surface area (Å²) in [6, 6.07) is 6.14. The number of halogens is 1. The SMILES string of the molecule is CN=C(NCC(C)(C)c1ccc2c(c1)OCO2)N1CCC(CC(=O)NC)CC1.I. The van der Waals surface area contributed by atoms with Crippen LogP contribution in [0.1, 0.15) is 38.7 Å². The highest BCUT2D eigenvalue weighted by molar-refractivity contribution is 14.0. The van der Waals surface area contributed by atoms with Gasteiger partial charge in [0.15, 0.2) is 17.5 Å². The molecule has 1 aromatic carbocycles. The number of nitrogens with zero attached hydrogens (tertiary/aromatic N) is 2. The van der Waals surface area contributed by atoms with Crippen molar-refractivity contribution < 1.29 is 14.3 Å². The van der Waals surface area contributed by atoms with Crippen molar-refractivity contribution in [2.75, 3.05) is 40.5 Å². The van der Waals surface area contributed by atoms with Crippen molar-refractivity contribution in [2.24, 2.45) is 10.9 Å². The van der Waals surface area contributed by atoms with Gasteiger partial charge in [-0.05, 0) is 36.5 Å². The van der Waals surface area contributed by atoms with Gasteiger partial charge in [-0.3, -0.25) is 9.79 Å². The molecular weight excluding hydrogens is 483 g/mol. The molecule has 1 aromatic rings. The Labute approximate surface area is 190 Å². The van der Waals surface area contributed by atoms with Crippen LogP contribution in [0.5, 0.6) is 11.5 Å². The van der Waals surface area contributed by atoms with E-state index >= 15 is 0 Å². The zero-order chi connectivity index (χ0) is 20.1. The van der Waals surface area contributed by atoms with Gasteiger partial charge in [0.25, 0.3) is 0 Å². The Kier molecular flexibility index (Phi) is 8.42. The minimum Gasteiger partial charge on any atom is -0.454 e. The van der Waals surface area contributed by atoms with E-state index < -0.39 is 0 Å². The summed E-state index contributed by atoms with van der Waals surface area (Å²) < 4.78 is 10.9. The highest BCUT2D eigenvalue weighted by Gasteiger charge is 2.27. The first-order chi connectivity index (χ1) is 13.4. The Hall–Kier alpha value is -1.71. The lowest BCUT2D eigenvalue weighted by atomic mass is 9.84. The maximum atomic E-state index is 11.6. The van der Waals surface area contributed by atoms with Crippen LogP contribution in [0.4, 0.5) is 0 Å². The first-order valence-electron chi connectivity index (χ1n) is 9.99. The Morgan fingerprint density at radius 1 is 1.24 bits per heavy atom. The van der Waals surface area contributed by atoms with Crippen LogP contribution in [-0.4, -0.2) is 57.3 Å². The van der Waals surface area contributed by atoms with Crippen molar-refractivity contribution in [2.45, 2.75) is 38.5 Å². The maximum absolute atomic E-state index is 11.6. The van der Waals surface area contributed by atoms with Gasteiger partial charge < -0.3 is 25.0 Å². The van der Waals surface area contributed by atoms with Gasteiger partial charge in [0.2, 0.25) is 12.7 Å². The number of hydrogen-bond donors (Lipinski definition) is 2. The molecular formula is C21H33IN4O3. The Balaban J connectivity index is 0.00000300. The second-order valence-electron chi connectivity index (χ2n) is 8.16. The smallest absolute Gasteiger partial charge is 0.231 e. The summed E-state index contributed by atoms with van der Waals surface area (Å²) >= 11 is 0. The standard InChI is InChI=1S/C21H32N4O3.HI/c1-21(2,16-5-6-17-18(12-16)28-14-27-17)13-24-20(23-4)25-9-7-15(8-10-25)11-19(26)22-3;/h5-6,12,15H,7-11,13-14H2,1-4H3,(H,22,26)(H,23,24);1H. The highest BCUT2D eigenvalue weighted by Crippen LogP contribution is 2.36. The topological polar surface area (TPSA) is 75.2 Å². The largest absolute Gasteiger partial charge is 0.454 e. The van der Waals surface area contributed by atoms with E-state index in [0.29, 0.717) is 19.1 Å². The number of fused-ring (bicyclic) bond motifs is 1. The average molecular weight is 516 g/mol. The fourth-order valence-electron chi connectivity index (χ4n) is 3.77. The third kappa shape index (κ3) is 5.90. The molecule has 2 N–H and O–H groups in total. The van der Waals surface area contributed by atoms with Crippen molar-refractivity contribution >= 4 is 35.8 Å². The van der Waals surface area contributed by atoms with Crippen molar-refractivity contribution in [3.05, 3.63) is 23.8 Å². The molecule has 0 atom stereocenters. The summed E-state index contributed by atoms with van der Waals surface area (Å²) in [6.07, 6.45) is 2.65. The number of rotatable bonds is 5. The third-order valence-corrected chi connectivity index (χ3v) is 5.72. The number of ether oxygens (including phenoxy) is 2. The minimum absolute atomic E-state index is 0. The molecule has 1 saturated heterocycles. The zero-order valence-electron chi connectivity index (χ0n) is 17.8. The lowest BCUT2D eigenvalue weighted by molar-refractivity contribution is -0.121. The van der Waals surface area contributed by atoms with Crippen LogP contribution in [-0.2, 0) is 10.2 Å². The lowest BCUT2D eigenvalue weighted by Gasteiger charge is -2.35. The molecule has 2 aliphatic heterocycles. The van der Waals surface area contributed by atoms with Gasteiger partial charge in [-0.25, -0.2) is 0 Å². The summed E-state index contributed by atoms with van der Waals surface area (Å²) in [6.45, 7) is 7.32. The van der Waals surface area contributed by atoms with Crippen molar-refractivity contribution in [1.82, 2.24) is 15.5 Å². The predicted molar refractivity (Wildman–Crippen MR) is 125 cm³/mol. The number of nitrogens with one attached hydrogen (secondary N) is 2. The summed E-state index contributed by atoms with van der Waals surface area (Å²) in [5, 5.41) is 6.26. The third-order valence-electron chi connectivity index (χ3n) is 5.72. The van der Waals surface area contributed by atoms with Crippen LogP contribution in [0.15, 0.2) is 23.2 Å². The molecule has 0 saturated carbocycles. The molecule has 1 fully saturated rings. The number of guanidine groups is 1. The van der Waals surface area contributed by atoms with Crippen LogP contribution in [0.3, 0.4) is 0 Å². The van der Waals surface area contributed by atoms with E-state index in [0.717, 1.165) is 49.9 Å². The molecule has 0 unspecified atom stereocenters. The van der Waals surface area contributed by atoms with E-state index in [2.05, 4.69) is 46.5 Å². The molecule has 162 valence electrons. The van der Waals surface area contributed by atoms with E-state index in [1.165, 1.54) is 5.56 Å². The summed E-state index contributed by atoms with van der Waals surface area (Å²) in [7, 11) is 3.53. The number of aliphatic imine (C=N–C) groups is 1. The fraction of sp³-hybridized carbons (Fsp3) is 0.619. The maximum Gasteiger partial charge on any atom is 0.231 e. The average Bonchev–Trinajstić information content (AvgIpc) is 3.17. The summed E-state index contributed by atoms with van der Waals surface area (Å²) in [5.74, 6) is 3.13. The normalized spacial score (nSPS) is 17.0. The minimum atomic E-state index is -0.0888. The number of piperidine rings is 1. The van der Waals surface area contributed by atoms with Crippen LogP contribution >= 0.6 is 24.0 Å². The first kappa shape index (κ1) is 23.6.